The molecule has 1 saturated heterocycles. The number of likely N-dealkylation sites (tertiary alicyclic amines) is 1. The Balaban J connectivity index is 1.47. The molecule has 3 rings (SSSR count). The molecule has 1 amide bonds. The van der Waals surface area contributed by atoms with E-state index < -0.39 is 0 Å². The second-order valence-corrected chi connectivity index (χ2v) is 7.67. The number of amides is 1. The number of nitrogens with zero attached hydrogens (tertiary/aromatic N) is 1. The summed E-state index contributed by atoms with van der Waals surface area (Å²) in [7, 11) is 0. The predicted molar refractivity (Wildman–Crippen MR) is 83.8 cm³/mol. The first-order valence-corrected chi connectivity index (χ1v) is 9.16. The van der Waals surface area contributed by atoms with Crippen LogP contribution in [0.25, 0.3) is 0 Å². The van der Waals surface area contributed by atoms with Gasteiger partial charge >= 0.3 is 0 Å². The van der Waals surface area contributed by atoms with Crippen molar-refractivity contribution >= 4 is 5.91 Å². The van der Waals surface area contributed by atoms with Gasteiger partial charge in [0.2, 0.25) is 5.91 Å². The van der Waals surface area contributed by atoms with E-state index in [1.54, 1.807) is 0 Å². The van der Waals surface area contributed by atoms with E-state index in [0.717, 1.165) is 44.7 Å². The largest absolute Gasteiger partial charge is 0.393 e. The number of fused-ring (bicyclic) bond motifs is 1. The highest BCUT2D eigenvalue weighted by atomic mass is 16.3. The number of unbranched alkanes of at least 4 members (excludes halogenated alkanes) is 1. The first-order valence-electron chi connectivity index (χ1n) is 9.16. The van der Waals surface area contributed by atoms with Gasteiger partial charge in [-0.2, -0.15) is 0 Å². The Bertz CT molecular complexity index is 362. The summed E-state index contributed by atoms with van der Waals surface area (Å²) in [6.07, 6.45) is 10.6. The van der Waals surface area contributed by atoms with Gasteiger partial charge in [-0.15, -0.1) is 0 Å². The molecule has 3 aliphatic rings. The van der Waals surface area contributed by atoms with Crippen molar-refractivity contribution in [3.8, 4) is 0 Å². The number of hydrogen-bond donors (Lipinski definition) is 1. The van der Waals surface area contributed by atoms with Crippen molar-refractivity contribution in [2.45, 2.75) is 70.8 Å². The Labute approximate surface area is 129 Å². The predicted octanol–water partition coefficient (Wildman–Crippen LogP) is 3.21. The summed E-state index contributed by atoms with van der Waals surface area (Å²) >= 11 is 0. The second-order valence-electron chi connectivity index (χ2n) is 7.67. The highest BCUT2D eigenvalue weighted by molar-refractivity contribution is 5.79. The first-order chi connectivity index (χ1) is 10.2. The quantitative estimate of drug-likeness (QED) is 0.864. The van der Waals surface area contributed by atoms with E-state index in [1.165, 1.54) is 32.1 Å². The molecule has 3 unspecified atom stereocenters. The molecule has 3 atom stereocenters. The lowest BCUT2D eigenvalue weighted by atomic mass is 9.79. The second kappa shape index (κ2) is 6.68. The Kier molecular flexibility index (Phi) is 4.88. The lowest BCUT2D eigenvalue weighted by Gasteiger charge is -2.31. The third-order valence-electron chi connectivity index (χ3n) is 6.29. The Morgan fingerprint density at radius 2 is 1.86 bits per heavy atom. The minimum Gasteiger partial charge on any atom is -0.393 e. The van der Waals surface area contributed by atoms with Crippen LogP contribution in [0.2, 0.25) is 0 Å². The molecule has 0 aromatic heterocycles. The van der Waals surface area contributed by atoms with Crippen LogP contribution in [0.4, 0.5) is 0 Å². The van der Waals surface area contributed by atoms with Gasteiger partial charge in [0.1, 0.15) is 0 Å². The maximum atomic E-state index is 12.7. The number of rotatable bonds is 4. The fourth-order valence-corrected chi connectivity index (χ4v) is 4.87. The van der Waals surface area contributed by atoms with Gasteiger partial charge in [0.25, 0.3) is 0 Å². The number of carbonyl (C=O) groups excluding carboxylic acids is 1. The SMILES string of the molecule is CCCCC1CCC(C(=O)N2CC3CCC(O)C3C2)CC1. The van der Waals surface area contributed by atoms with E-state index in [-0.39, 0.29) is 12.0 Å². The average molecular weight is 293 g/mol. The van der Waals surface area contributed by atoms with Crippen LogP contribution in [0.15, 0.2) is 0 Å². The minimum absolute atomic E-state index is 0.155. The van der Waals surface area contributed by atoms with Crippen molar-refractivity contribution < 1.29 is 9.90 Å². The van der Waals surface area contributed by atoms with Gasteiger partial charge in [-0.05, 0) is 50.4 Å². The minimum atomic E-state index is -0.155. The fourth-order valence-electron chi connectivity index (χ4n) is 4.87. The summed E-state index contributed by atoms with van der Waals surface area (Å²) in [4.78, 5) is 14.8. The van der Waals surface area contributed by atoms with Crippen molar-refractivity contribution in [1.82, 2.24) is 4.90 Å². The third-order valence-corrected chi connectivity index (χ3v) is 6.29. The van der Waals surface area contributed by atoms with Crippen molar-refractivity contribution in [3.05, 3.63) is 0 Å². The van der Waals surface area contributed by atoms with Crippen LogP contribution in [-0.4, -0.2) is 35.1 Å². The summed E-state index contributed by atoms with van der Waals surface area (Å²) in [5.74, 6) is 2.48. The molecule has 0 bridgehead atoms. The molecule has 0 radical (unpaired) electrons. The van der Waals surface area contributed by atoms with Gasteiger partial charge in [-0.25, -0.2) is 0 Å². The molecule has 1 N–H and O–H groups in total. The molecule has 120 valence electrons. The summed E-state index contributed by atoms with van der Waals surface area (Å²) in [5.41, 5.74) is 0. The number of carbonyl (C=O) groups is 1. The van der Waals surface area contributed by atoms with Crippen LogP contribution < -0.4 is 0 Å². The van der Waals surface area contributed by atoms with Gasteiger partial charge in [-0.1, -0.05) is 26.2 Å². The Morgan fingerprint density at radius 1 is 1.10 bits per heavy atom. The highest BCUT2D eigenvalue weighted by Gasteiger charge is 2.44. The molecular formula is C18H31NO2. The molecule has 2 saturated carbocycles. The molecule has 1 heterocycles. The van der Waals surface area contributed by atoms with Crippen molar-refractivity contribution in [3.63, 3.8) is 0 Å². The van der Waals surface area contributed by atoms with E-state index in [0.29, 0.717) is 17.7 Å². The molecule has 3 nitrogen and oxygen atoms in total. The van der Waals surface area contributed by atoms with Crippen LogP contribution in [0.5, 0.6) is 0 Å². The summed E-state index contributed by atoms with van der Waals surface area (Å²) in [6, 6.07) is 0. The average Bonchev–Trinajstić information content (AvgIpc) is 3.07. The zero-order chi connectivity index (χ0) is 14.8. The molecule has 2 aliphatic carbocycles. The van der Waals surface area contributed by atoms with E-state index >= 15 is 0 Å². The van der Waals surface area contributed by atoms with Gasteiger partial charge in [0.05, 0.1) is 6.10 Å². The van der Waals surface area contributed by atoms with E-state index in [4.69, 9.17) is 0 Å². The van der Waals surface area contributed by atoms with Crippen LogP contribution in [0.1, 0.15) is 64.7 Å². The summed E-state index contributed by atoms with van der Waals surface area (Å²) < 4.78 is 0. The topological polar surface area (TPSA) is 40.5 Å². The molecule has 1 aliphatic heterocycles. The monoisotopic (exact) mass is 293 g/mol. The normalized spacial score (nSPS) is 39.5. The first kappa shape index (κ1) is 15.3. The van der Waals surface area contributed by atoms with Crippen molar-refractivity contribution in [2.75, 3.05) is 13.1 Å². The molecule has 0 aromatic carbocycles. The van der Waals surface area contributed by atoms with E-state index in [1.807, 2.05) is 0 Å². The highest BCUT2D eigenvalue weighted by Crippen LogP contribution is 2.40. The van der Waals surface area contributed by atoms with Crippen LogP contribution in [0.3, 0.4) is 0 Å². The van der Waals surface area contributed by atoms with E-state index in [2.05, 4.69) is 11.8 Å². The van der Waals surface area contributed by atoms with Crippen LogP contribution in [0, 0.1) is 23.7 Å². The molecule has 0 spiro atoms. The van der Waals surface area contributed by atoms with Gasteiger partial charge < -0.3 is 10.0 Å². The molecule has 3 fully saturated rings. The van der Waals surface area contributed by atoms with Gasteiger partial charge in [-0.3, -0.25) is 4.79 Å². The molecule has 21 heavy (non-hydrogen) atoms. The Morgan fingerprint density at radius 3 is 2.52 bits per heavy atom. The third kappa shape index (κ3) is 3.28. The lowest BCUT2D eigenvalue weighted by Crippen LogP contribution is -2.37. The Hall–Kier alpha value is -0.570. The zero-order valence-electron chi connectivity index (χ0n) is 13.5. The maximum absolute atomic E-state index is 12.7. The van der Waals surface area contributed by atoms with Gasteiger partial charge in [0.15, 0.2) is 0 Å². The number of hydrogen-bond acceptors (Lipinski definition) is 2. The van der Waals surface area contributed by atoms with Crippen LogP contribution in [-0.2, 0) is 4.79 Å². The van der Waals surface area contributed by atoms with E-state index in [9.17, 15) is 9.90 Å². The number of aliphatic hydroxyl groups is 1. The maximum Gasteiger partial charge on any atom is 0.225 e. The van der Waals surface area contributed by atoms with Crippen molar-refractivity contribution in [2.24, 2.45) is 23.7 Å². The van der Waals surface area contributed by atoms with Crippen molar-refractivity contribution in [1.29, 1.82) is 0 Å². The smallest absolute Gasteiger partial charge is 0.225 e. The summed E-state index contributed by atoms with van der Waals surface area (Å²) in [5, 5.41) is 9.99. The molecule has 3 heteroatoms. The standard InChI is InChI=1S/C18H31NO2/c1-2-3-4-13-5-7-14(8-6-13)18(21)19-11-15-9-10-17(20)16(15)12-19/h13-17,20H,2-12H2,1H3. The fraction of sp³-hybridized carbons (Fsp3) is 0.944. The lowest BCUT2D eigenvalue weighted by molar-refractivity contribution is -0.136. The van der Waals surface area contributed by atoms with Gasteiger partial charge in [0, 0.05) is 24.9 Å². The summed E-state index contributed by atoms with van der Waals surface area (Å²) in [6.45, 7) is 3.99. The molecule has 0 aromatic rings. The molecular weight excluding hydrogens is 262 g/mol. The zero-order valence-corrected chi connectivity index (χ0v) is 13.5. The number of aliphatic hydroxyl groups excluding tert-OH is 1. The van der Waals surface area contributed by atoms with Crippen LogP contribution >= 0.6 is 0 Å².